The summed E-state index contributed by atoms with van der Waals surface area (Å²) in [5, 5.41) is 0. The Kier molecular flexibility index (Phi) is 1.39. The van der Waals surface area contributed by atoms with Gasteiger partial charge in [-0.05, 0) is 12.6 Å². The van der Waals surface area contributed by atoms with Crippen molar-refractivity contribution in [3.8, 4) is 0 Å². The second kappa shape index (κ2) is 2.25. The predicted molar refractivity (Wildman–Crippen MR) is 40.3 cm³/mol. The normalized spacial score (nSPS) is 26.5. The predicted octanol–water partition coefficient (Wildman–Crippen LogP) is -0.316. The van der Waals surface area contributed by atoms with Crippen molar-refractivity contribution >= 4 is 0 Å². The van der Waals surface area contributed by atoms with Crippen LogP contribution in [0.15, 0.2) is 11.3 Å². The minimum atomic E-state index is 1.03. The van der Waals surface area contributed by atoms with Crippen LogP contribution in [0.5, 0.6) is 0 Å². The molecule has 2 heterocycles. The summed E-state index contributed by atoms with van der Waals surface area (Å²) in [6.45, 7) is 3.35. The van der Waals surface area contributed by atoms with E-state index in [0.29, 0.717) is 0 Å². The van der Waals surface area contributed by atoms with E-state index in [9.17, 15) is 0 Å². The third-order valence-corrected chi connectivity index (χ3v) is 2.17. The lowest BCUT2D eigenvalue weighted by molar-refractivity contribution is 0.347. The van der Waals surface area contributed by atoms with Gasteiger partial charge in [0.15, 0.2) is 0 Å². The van der Waals surface area contributed by atoms with Crippen LogP contribution in [0.25, 0.3) is 0 Å². The Labute approximate surface area is 61.1 Å². The Balaban J connectivity index is 2.13. The van der Waals surface area contributed by atoms with Gasteiger partial charge in [0.2, 0.25) is 0 Å². The number of hydrazine groups is 1. The van der Waals surface area contributed by atoms with Gasteiger partial charge in [0.05, 0.1) is 0 Å². The lowest BCUT2D eigenvalue weighted by atomic mass is 10.1. The van der Waals surface area contributed by atoms with Gasteiger partial charge in [-0.25, -0.2) is 5.43 Å². The Morgan fingerprint density at radius 3 is 3.30 bits per heavy atom. The Hall–Kier alpha value is -0.540. The monoisotopic (exact) mass is 139 g/mol. The van der Waals surface area contributed by atoms with Crippen molar-refractivity contribution in [1.82, 2.24) is 15.8 Å². The third kappa shape index (κ3) is 0.914. The first-order chi connectivity index (χ1) is 4.86. The zero-order valence-corrected chi connectivity index (χ0v) is 6.28. The molecule has 0 unspecified atom stereocenters. The van der Waals surface area contributed by atoms with Crippen LogP contribution >= 0.6 is 0 Å². The molecule has 0 fully saturated rings. The molecule has 0 aromatic carbocycles. The number of hydrogen-bond donors (Lipinski definition) is 2. The van der Waals surface area contributed by atoms with Gasteiger partial charge in [-0.1, -0.05) is 0 Å². The summed E-state index contributed by atoms with van der Waals surface area (Å²) in [6, 6.07) is 0. The SMILES string of the molecule is CN1CCC2=C(CNN2)C1. The summed E-state index contributed by atoms with van der Waals surface area (Å²) in [4.78, 5) is 2.35. The number of nitrogens with one attached hydrogen (secondary N) is 2. The zero-order valence-electron chi connectivity index (χ0n) is 6.28. The molecule has 0 spiro atoms. The first-order valence-electron chi connectivity index (χ1n) is 3.74. The van der Waals surface area contributed by atoms with E-state index in [4.69, 9.17) is 0 Å². The molecular weight excluding hydrogens is 126 g/mol. The highest BCUT2D eigenvalue weighted by Crippen LogP contribution is 2.15. The molecule has 0 saturated heterocycles. The highest BCUT2D eigenvalue weighted by atomic mass is 15.4. The van der Waals surface area contributed by atoms with E-state index in [0.717, 1.165) is 13.1 Å². The second-order valence-electron chi connectivity index (χ2n) is 3.05. The minimum absolute atomic E-state index is 1.03. The molecule has 3 heteroatoms. The molecule has 2 aliphatic rings. The van der Waals surface area contributed by atoms with E-state index in [-0.39, 0.29) is 0 Å². The van der Waals surface area contributed by atoms with E-state index in [2.05, 4.69) is 22.8 Å². The summed E-state index contributed by atoms with van der Waals surface area (Å²) in [6.07, 6.45) is 1.18. The Morgan fingerprint density at radius 2 is 2.40 bits per heavy atom. The van der Waals surface area contributed by atoms with Crippen molar-refractivity contribution in [1.29, 1.82) is 0 Å². The van der Waals surface area contributed by atoms with Crippen LogP contribution in [0, 0.1) is 0 Å². The van der Waals surface area contributed by atoms with E-state index in [1.165, 1.54) is 24.2 Å². The Morgan fingerprint density at radius 1 is 1.50 bits per heavy atom. The van der Waals surface area contributed by atoms with Crippen LogP contribution in [-0.4, -0.2) is 31.6 Å². The van der Waals surface area contributed by atoms with Gasteiger partial charge in [0, 0.05) is 31.8 Å². The third-order valence-electron chi connectivity index (χ3n) is 2.17. The lowest BCUT2D eigenvalue weighted by Gasteiger charge is -2.22. The van der Waals surface area contributed by atoms with Crippen molar-refractivity contribution in [2.24, 2.45) is 0 Å². The zero-order chi connectivity index (χ0) is 6.97. The van der Waals surface area contributed by atoms with Gasteiger partial charge in [0.1, 0.15) is 0 Å². The van der Waals surface area contributed by atoms with E-state index in [1.807, 2.05) is 0 Å². The molecular formula is C7H13N3. The van der Waals surface area contributed by atoms with Crippen molar-refractivity contribution in [3.63, 3.8) is 0 Å². The quantitative estimate of drug-likeness (QED) is 0.482. The van der Waals surface area contributed by atoms with Crippen LogP contribution in [0.2, 0.25) is 0 Å². The molecule has 3 nitrogen and oxygen atoms in total. The molecule has 0 saturated carbocycles. The van der Waals surface area contributed by atoms with Crippen molar-refractivity contribution in [2.45, 2.75) is 6.42 Å². The van der Waals surface area contributed by atoms with Crippen molar-refractivity contribution in [3.05, 3.63) is 11.3 Å². The fourth-order valence-corrected chi connectivity index (χ4v) is 1.55. The van der Waals surface area contributed by atoms with Gasteiger partial charge >= 0.3 is 0 Å². The second-order valence-corrected chi connectivity index (χ2v) is 3.05. The average Bonchev–Trinajstić information content (AvgIpc) is 2.33. The standard InChI is InChI=1S/C7H13N3/c1-10-3-2-7-6(5-10)4-8-9-7/h8-9H,2-5H2,1H3. The molecule has 0 bridgehead atoms. The molecule has 0 aromatic heterocycles. The molecule has 2 aliphatic heterocycles. The van der Waals surface area contributed by atoms with E-state index >= 15 is 0 Å². The molecule has 10 heavy (non-hydrogen) atoms. The van der Waals surface area contributed by atoms with Crippen molar-refractivity contribution in [2.75, 3.05) is 26.7 Å². The molecule has 0 radical (unpaired) electrons. The molecule has 56 valence electrons. The number of rotatable bonds is 0. The molecule has 2 rings (SSSR count). The minimum Gasteiger partial charge on any atom is -0.325 e. The van der Waals surface area contributed by atoms with Gasteiger partial charge in [0.25, 0.3) is 0 Å². The van der Waals surface area contributed by atoms with E-state index < -0.39 is 0 Å². The summed E-state index contributed by atoms with van der Waals surface area (Å²) in [5.41, 5.74) is 9.28. The highest BCUT2D eigenvalue weighted by Gasteiger charge is 2.19. The smallest absolute Gasteiger partial charge is 0.0391 e. The number of hydrogen-bond acceptors (Lipinski definition) is 3. The van der Waals surface area contributed by atoms with Gasteiger partial charge < -0.3 is 10.3 Å². The van der Waals surface area contributed by atoms with Crippen LogP contribution in [0.4, 0.5) is 0 Å². The molecule has 0 atom stereocenters. The van der Waals surface area contributed by atoms with Gasteiger partial charge in [-0.3, -0.25) is 0 Å². The fourth-order valence-electron chi connectivity index (χ4n) is 1.55. The summed E-state index contributed by atoms with van der Waals surface area (Å²) in [7, 11) is 2.17. The first-order valence-corrected chi connectivity index (χ1v) is 3.74. The molecule has 0 aromatic rings. The van der Waals surface area contributed by atoms with Crippen LogP contribution < -0.4 is 10.9 Å². The summed E-state index contributed by atoms with van der Waals surface area (Å²) >= 11 is 0. The highest BCUT2D eigenvalue weighted by molar-refractivity contribution is 5.22. The van der Waals surface area contributed by atoms with Crippen LogP contribution in [-0.2, 0) is 0 Å². The number of nitrogens with zero attached hydrogens (tertiary/aromatic N) is 1. The molecule has 0 amide bonds. The van der Waals surface area contributed by atoms with Gasteiger partial charge in [-0.15, -0.1) is 0 Å². The van der Waals surface area contributed by atoms with Gasteiger partial charge in [-0.2, -0.15) is 0 Å². The molecule has 2 N–H and O–H groups in total. The number of likely N-dealkylation sites (N-methyl/N-ethyl adjacent to an activating group) is 1. The topological polar surface area (TPSA) is 27.3 Å². The van der Waals surface area contributed by atoms with Crippen molar-refractivity contribution < 1.29 is 0 Å². The first kappa shape index (κ1) is 6.19. The van der Waals surface area contributed by atoms with Crippen LogP contribution in [0.3, 0.4) is 0 Å². The van der Waals surface area contributed by atoms with E-state index in [1.54, 1.807) is 0 Å². The summed E-state index contributed by atoms with van der Waals surface area (Å²) < 4.78 is 0. The molecule has 0 aliphatic carbocycles. The Bertz CT molecular complexity index is 174. The lowest BCUT2D eigenvalue weighted by Crippen LogP contribution is -2.28. The largest absolute Gasteiger partial charge is 0.325 e. The maximum absolute atomic E-state index is 3.18. The maximum Gasteiger partial charge on any atom is 0.0391 e. The maximum atomic E-state index is 3.18. The summed E-state index contributed by atoms with van der Waals surface area (Å²) in [5.74, 6) is 0. The van der Waals surface area contributed by atoms with Crippen LogP contribution in [0.1, 0.15) is 6.42 Å². The average molecular weight is 139 g/mol. The fraction of sp³-hybridized carbons (Fsp3) is 0.714.